The number of carbonyl (C=O) groups is 1. The molecule has 1 aliphatic rings. The Morgan fingerprint density at radius 1 is 1.25 bits per heavy atom. The van der Waals surface area contributed by atoms with Crippen LogP contribution in [0.1, 0.15) is 30.4 Å². The molecule has 0 aliphatic carbocycles. The van der Waals surface area contributed by atoms with Crippen LogP contribution in [-0.2, 0) is 20.7 Å². The summed E-state index contributed by atoms with van der Waals surface area (Å²) in [6.07, 6.45) is 2.83. The Bertz CT molecular complexity index is 410. The molecule has 0 bridgehead atoms. The van der Waals surface area contributed by atoms with Gasteiger partial charge in [0.05, 0.1) is 13.2 Å². The van der Waals surface area contributed by atoms with Crippen LogP contribution in [0.25, 0.3) is 0 Å². The molecule has 0 radical (unpaired) electrons. The van der Waals surface area contributed by atoms with Gasteiger partial charge in [0.1, 0.15) is 0 Å². The first-order chi connectivity index (χ1) is 9.74. The number of aryl methyl sites for hydroxylation is 2. The fourth-order valence-electron chi connectivity index (χ4n) is 2.13. The third kappa shape index (κ3) is 5.31. The van der Waals surface area contributed by atoms with Crippen LogP contribution < -0.4 is 5.32 Å². The number of ether oxygens (including phenoxy) is 2. The van der Waals surface area contributed by atoms with Gasteiger partial charge in [0, 0.05) is 19.4 Å². The summed E-state index contributed by atoms with van der Waals surface area (Å²) in [5.74, 6) is 0.0846. The smallest absolute Gasteiger partial charge is 0.220 e. The molecule has 4 nitrogen and oxygen atoms in total. The molecule has 0 aromatic heterocycles. The third-order valence-corrected chi connectivity index (χ3v) is 3.36. The summed E-state index contributed by atoms with van der Waals surface area (Å²) >= 11 is 0. The summed E-state index contributed by atoms with van der Waals surface area (Å²) in [6.45, 7) is 4.18. The number of nitrogens with one attached hydrogen (secondary N) is 1. The second-order valence-electron chi connectivity index (χ2n) is 5.15. The van der Waals surface area contributed by atoms with Gasteiger partial charge >= 0.3 is 0 Å². The molecule has 4 heteroatoms. The predicted octanol–water partition coefficient (Wildman–Crippen LogP) is 2.20. The van der Waals surface area contributed by atoms with Crippen molar-refractivity contribution in [3.8, 4) is 0 Å². The zero-order chi connectivity index (χ0) is 14.2. The summed E-state index contributed by atoms with van der Waals surface area (Å²) in [5, 5.41) is 2.91. The largest absolute Gasteiger partial charge is 0.356 e. The minimum atomic E-state index is -0.152. The van der Waals surface area contributed by atoms with Crippen LogP contribution in [0.3, 0.4) is 0 Å². The van der Waals surface area contributed by atoms with E-state index in [1.807, 2.05) is 0 Å². The molecule has 0 saturated carbocycles. The van der Waals surface area contributed by atoms with E-state index in [0.717, 1.165) is 32.5 Å². The zero-order valence-corrected chi connectivity index (χ0v) is 12.1. The topological polar surface area (TPSA) is 47.6 Å². The van der Waals surface area contributed by atoms with Crippen molar-refractivity contribution in [2.24, 2.45) is 0 Å². The van der Waals surface area contributed by atoms with Crippen molar-refractivity contribution in [1.82, 2.24) is 5.32 Å². The third-order valence-electron chi connectivity index (χ3n) is 3.36. The molecule has 1 aliphatic heterocycles. The van der Waals surface area contributed by atoms with E-state index in [9.17, 15) is 4.79 Å². The molecule has 2 rings (SSSR count). The summed E-state index contributed by atoms with van der Waals surface area (Å²) in [5.41, 5.74) is 2.44. The number of hydrogen-bond acceptors (Lipinski definition) is 3. The van der Waals surface area contributed by atoms with E-state index in [-0.39, 0.29) is 12.2 Å². The first-order valence-corrected chi connectivity index (χ1v) is 7.29. The average Bonchev–Trinajstić information content (AvgIpc) is 2.48. The molecule has 1 fully saturated rings. The van der Waals surface area contributed by atoms with Gasteiger partial charge in [-0.1, -0.05) is 29.8 Å². The Morgan fingerprint density at radius 2 is 1.95 bits per heavy atom. The van der Waals surface area contributed by atoms with E-state index in [1.54, 1.807) is 0 Å². The Morgan fingerprint density at radius 3 is 2.65 bits per heavy atom. The number of hydrogen-bond donors (Lipinski definition) is 1. The molecule has 1 heterocycles. The van der Waals surface area contributed by atoms with Crippen LogP contribution in [0.5, 0.6) is 0 Å². The van der Waals surface area contributed by atoms with Crippen LogP contribution in [0.2, 0.25) is 0 Å². The van der Waals surface area contributed by atoms with Crippen LogP contribution in [-0.4, -0.2) is 32.0 Å². The number of rotatable bonds is 6. The molecule has 110 valence electrons. The average molecular weight is 277 g/mol. The van der Waals surface area contributed by atoms with E-state index in [2.05, 4.69) is 36.5 Å². The normalized spacial score (nSPS) is 16.1. The van der Waals surface area contributed by atoms with Crippen molar-refractivity contribution >= 4 is 5.91 Å². The molecular formula is C16H23NO3. The van der Waals surface area contributed by atoms with Crippen LogP contribution in [0.15, 0.2) is 24.3 Å². The lowest BCUT2D eigenvalue weighted by atomic mass is 10.1. The SMILES string of the molecule is Cc1ccc(CCC(=O)NCCC2OCCCO2)cc1. The van der Waals surface area contributed by atoms with Crippen molar-refractivity contribution in [2.45, 2.75) is 38.9 Å². The molecule has 0 atom stereocenters. The second kappa shape index (κ2) is 8.02. The molecule has 1 aromatic rings. The first-order valence-electron chi connectivity index (χ1n) is 7.29. The Balaban J connectivity index is 1.59. The summed E-state index contributed by atoms with van der Waals surface area (Å²) in [7, 11) is 0. The van der Waals surface area contributed by atoms with E-state index < -0.39 is 0 Å². The quantitative estimate of drug-likeness (QED) is 0.867. The highest BCUT2D eigenvalue weighted by atomic mass is 16.7. The first kappa shape index (κ1) is 15.0. The maximum Gasteiger partial charge on any atom is 0.220 e. The van der Waals surface area contributed by atoms with Crippen molar-refractivity contribution < 1.29 is 14.3 Å². The van der Waals surface area contributed by atoms with Crippen LogP contribution >= 0.6 is 0 Å². The maximum atomic E-state index is 11.7. The van der Waals surface area contributed by atoms with Gasteiger partial charge in [-0.3, -0.25) is 4.79 Å². The molecule has 0 unspecified atom stereocenters. The minimum absolute atomic E-state index is 0.0846. The minimum Gasteiger partial charge on any atom is -0.356 e. The van der Waals surface area contributed by atoms with Gasteiger partial charge in [0.15, 0.2) is 6.29 Å². The fraction of sp³-hybridized carbons (Fsp3) is 0.562. The fourth-order valence-corrected chi connectivity index (χ4v) is 2.13. The standard InChI is InChI=1S/C16H23NO3/c1-13-3-5-14(6-4-13)7-8-15(18)17-10-9-16-19-11-2-12-20-16/h3-6,16H,2,7-12H2,1H3,(H,17,18). The predicted molar refractivity (Wildman–Crippen MR) is 77.4 cm³/mol. The molecule has 0 spiro atoms. The number of carbonyl (C=O) groups excluding carboxylic acids is 1. The van der Waals surface area contributed by atoms with Crippen molar-refractivity contribution in [1.29, 1.82) is 0 Å². The van der Waals surface area contributed by atoms with Gasteiger partial charge in [-0.15, -0.1) is 0 Å². The monoisotopic (exact) mass is 277 g/mol. The highest BCUT2D eigenvalue weighted by Crippen LogP contribution is 2.08. The van der Waals surface area contributed by atoms with Gasteiger partial charge in [-0.2, -0.15) is 0 Å². The lowest BCUT2D eigenvalue weighted by Crippen LogP contribution is -2.31. The van der Waals surface area contributed by atoms with Crippen molar-refractivity contribution in [3.05, 3.63) is 35.4 Å². The van der Waals surface area contributed by atoms with E-state index in [4.69, 9.17) is 9.47 Å². The van der Waals surface area contributed by atoms with E-state index >= 15 is 0 Å². The molecule has 20 heavy (non-hydrogen) atoms. The van der Waals surface area contributed by atoms with Crippen molar-refractivity contribution in [2.75, 3.05) is 19.8 Å². The summed E-state index contributed by atoms with van der Waals surface area (Å²) < 4.78 is 10.9. The van der Waals surface area contributed by atoms with Crippen molar-refractivity contribution in [3.63, 3.8) is 0 Å². The summed E-state index contributed by atoms with van der Waals surface area (Å²) in [4.78, 5) is 11.7. The highest BCUT2D eigenvalue weighted by Gasteiger charge is 2.13. The van der Waals surface area contributed by atoms with Gasteiger partial charge < -0.3 is 14.8 Å². The van der Waals surface area contributed by atoms with Crippen LogP contribution in [0, 0.1) is 6.92 Å². The van der Waals surface area contributed by atoms with E-state index in [1.165, 1.54) is 11.1 Å². The summed E-state index contributed by atoms with van der Waals surface area (Å²) in [6, 6.07) is 8.30. The number of amides is 1. The second-order valence-corrected chi connectivity index (χ2v) is 5.15. The maximum absolute atomic E-state index is 11.7. The Kier molecular flexibility index (Phi) is 6.02. The van der Waals surface area contributed by atoms with Gasteiger partial charge in [-0.05, 0) is 25.3 Å². The Hall–Kier alpha value is -1.39. The van der Waals surface area contributed by atoms with Gasteiger partial charge in [0.25, 0.3) is 0 Å². The van der Waals surface area contributed by atoms with Gasteiger partial charge in [-0.25, -0.2) is 0 Å². The zero-order valence-electron chi connectivity index (χ0n) is 12.1. The lowest BCUT2D eigenvalue weighted by Gasteiger charge is -2.23. The van der Waals surface area contributed by atoms with E-state index in [0.29, 0.717) is 13.0 Å². The molecule has 1 aromatic carbocycles. The Labute approximate surface area is 120 Å². The van der Waals surface area contributed by atoms with Crippen LogP contribution in [0.4, 0.5) is 0 Å². The molecule has 1 N–H and O–H groups in total. The molecule has 1 saturated heterocycles. The molecule has 1 amide bonds. The molecular weight excluding hydrogens is 254 g/mol. The number of benzene rings is 1. The lowest BCUT2D eigenvalue weighted by molar-refractivity contribution is -0.180. The van der Waals surface area contributed by atoms with Gasteiger partial charge in [0.2, 0.25) is 5.91 Å². The highest BCUT2D eigenvalue weighted by molar-refractivity contribution is 5.76.